The summed E-state index contributed by atoms with van der Waals surface area (Å²) >= 11 is 0. The SMILES string of the molecule is CC(C)CC1(CC(C)C)COC(=O)N1. The van der Waals surface area contributed by atoms with E-state index in [9.17, 15) is 4.79 Å². The number of hydrogen-bond donors (Lipinski definition) is 1. The van der Waals surface area contributed by atoms with Crippen LogP contribution in [-0.2, 0) is 4.74 Å². The van der Waals surface area contributed by atoms with Crippen molar-refractivity contribution in [3.8, 4) is 0 Å². The van der Waals surface area contributed by atoms with Gasteiger partial charge in [0.15, 0.2) is 0 Å². The van der Waals surface area contributed by atoms with Crippen molar-refractivity contribution in [1.29, 1.82) is 0 Å². The Morgan fingerprint density at radius 3 is 2.07 bits per heavy atom. The Morgan fingerprint density at radius 1 is 1.29 bits per heavy atom. The Labute approximate surface area is 86.2 Å². The van der Waals surface area contributed by atoms with E-state index in [-0.39, 0.29) is 11.6 Å². The van der Waals surface area contributed by atoms with E-state index in [1.54, 1.807) is 0 Å². The van der Waals surface area contributed by atoms with Crippen molar-refractivity contribution < 1.29 is 9.53 Å². The van der Waals surface area contributed by atoms with Gasteiger partial charge in [-0.3, -0.25) is 0 Å². The highest BCUT2D eigenvalue weighted by Crippen LogP contribution is 2.28. The maximum atomic E-state index is 11.1. The van der Waals surface area contributed by atoms with Crippen molar-refractivity contribution in [3.63, 3.8) is 0 Å². The maximum Gasteiger partial charge on any atom is 0.407 e. The lowest BCUT2D eigenvalue weighted by Gasteiger charge is -2.30. The van der Waals surface area contributed by atoms with Gasteiger partial charge in [0.25, 0.3) is 0 Å². The summed E-state index contributed by atoms with van der Waals surface area (Å²) in [4.78, 5) is 11.1. The normalized spacial score (nSPS) is 20.0. The Bertz CT molecular complexity index is 201. The third-order valence-corrected chi connectivity index (χ3v) is 2.44. The quantitative estimate of drug-likeness (QED) is 0.755. The van der Waals surface area contributed by atoms with Crippen molar-refractivity contribution in [1.82, 2.24) is 5.32 Å². The molecule has 1 fully saturated rings. The lowest BCUT2D eigenvalue weighted by atomic mass is 9.83. The van der Waals surface area contributed by atoms with E-state index in [1.165, 1.54) is 0 Å². The Hall–Kier alpha value is -0.730. The van der Waals surface area contributed by atoms with E-state index in [2.05, 4.69) is 33.0 Å². The molecule has 3 heteroatoms. The van der Waals surface area contributed by atoms with Gasteiger partial charge < -0.3 is 10.1 Å². The van der Waals surface area contributed by atoms with Crippen molar-refractivity contribution in [3.05, 3.63) is 0 Å². The molecule has 1 heterocycles. The summed E-state index contributed by atoms with van der Waals surface area (Å²) in [5.74, 6) is 1.16. The number of cyclic esters (lactones) is 1. The zero-order chi connectivity index (χ0) is 10.8. The van der Waals surface area contributed by atoms with E-state index in [0.29, 0.717) is 18.4 Å². The minimum Gasteiger partial charge on any atom is -0.447 e. The van der Waals surface area contributed by atoms with Gasteiger partial charge in [0.2, 0.25) is 0 Å². The highest BCUT2D eigenvalue weighted by Gasteiger charge is 2.40. The van der Waals surface area contributed by atoms with E-state index < -0.39 is 0 Å². The first kappa shape index (κ1) is 11.3. The van der Waals surface area contributed by atoms with Gasteiger partial charge >= 0.3 is 6.09 Å². The average Bonchev–Trinajstić information content (AvgIpc) is 2.28. The molecule has 82 valence electrons. The van der Waals surface area contributed by atoms with Gasteiger partial charge in [-0.1, -0.05) is 27.7 Å². The van der Waals surface area contributed by atoms with E-state index in [4.69, 9.17) is 4.74 Å². The summed E-state index contributed by atoms with van der Waals surface area (Å²) in [5.41, 5.74) is -0.112. The lowest BCUT2D eigenvalue weighted by molar-refractivity contribution is 0.163. The number of hydrogen-bond acceptors (Lipinski definition) is 2. The standard InChI is InChI=1S/C11H21NO2/c1-8(2)5-11(6-9(3)4)7-14-10(13)12-11/h8-9H,5-7H2,1-4H3,(H,12,13). The van der Waals surface area contributed by atoms with E-state index >= 15 is 0 Å². The molecule has 0 saturated carbocycles. The van der Waals surface area contributed by atoms with E-state index in [0.717, 1.165) is 12.8 Å². The highest BCUT2D eigenvalue weighted by molar-refractivity contribution is 5.70. The maximum absolute atomic E-state index is 11.1. The van der Waals surface area contributed by atoms with Crippen LogP contribution in [0.4, 0.5) is 4.79 Å². The largest absolute Gasteiger partial charge is 0.447 e. The fraction of sp³-hybridized carbons (Fsp3) is 0.909. The molecule has 0 aromatic carbocycles. The fourth-order valence-corrected chi connectivity index (χ4v) is 2.36. The predicted molar refractivity (Wildman–Crippen MR) is 56.1 cm³/mol. The summed E-state index contributed by atoms with van der Waals surface area (Å²) in [6.45, 7) is 9.22. The van der Waals surface area contributed by atoms with Gasteiger partial charge in [0, 0.05) is 0 Å². The van der Waals surface area contributed by atoms with Gasteiger partial charge in [0.05, 0.1) is 5.54 Å². The Morgan fingerprint density at radius 2 is 1.79 bits per heavy atom. The first-order chi connectivity index (χ1) is 6.43. The first-order valence-corrected chi connectivity index (χ1v) is 5.38. The zero-order valence-corrected chi connectivity index (χ0v) is 9.59. The zero-order valence-electron chi connectivity index (χ0n) is 9.59. The number of rotatable bonds is 4. The Balaban J connectivity index is 2.64. The molecular formula is C11H21NO2. The van der Waals surface area contributed by atoms with Gasteiger partial charge in [-0.25, -0.2) is 4.79 Å². The van der Waals surface area contributed by atoms with Crippen LogP contribution in [0.1, 0.15) is 40.5 Å². The number of alkyl carbamates (subject to hydrolysis) is 1. The van der Waals surface area contributed by atoms with Crippen LogP contribution < -0.4 is 5.32 Å². The fourth-order valence-electron chi connectivity index (χ4n) is 2.36. The predicted octanol–water partition coefficient (Wildman–Crippen LogP) is 2.56. The molecule has 0 radical (unpaired) electrons. The van der Waals surface area contributed by atoms with Crippen LogP contribution in [0.2, 0.25) is 0 Å². The third-order valence-electron chi connectivity index (χ3n) is 2.44. The summed E-state index contributed by atoms with van der Waals surface area (Å²) in [6.07, 6.45) is 1.74. The Kier molecular flexibility index (Phi) is 3.40. The monoisotopic (exact) mass is 199 g/mol. The van der Waals surface area contributed by atoms with Crippen molar-refractivity contribution in [2.45, 2.75) is 46.1 Å². The third kappa shape index (κ3) is 2.89. The molecule has 1 N–H and O–H groups in total. The van der Waals surface area contributed by atoms with E-state index in [1.807, 2.05) is 0 Å². The van der Waals surface area contributed by atoms with Crippen LogP contribution in [-0.4, -0.2) is 18.2 Å². The molecule has 0 aromatic rings. The number of carbonyl (C=O) groups is 1. The second kappa shape index (κ2) is 4.20. The van der Waals surface area contributed by atoms with Crippen LogP contribution in [0.25, 0.3) is 0 Å². The molecular weight excluding hydrogens is 178 g/mol. The summed E-state index contributed by atoms with van der Waals surface area (Å²) < 4.78 is 5.02. The van der Waals surface area contributed by atoms with Gasteiger partial charge in [-0.05, 0) is 24.7 Å². The second-order valence-corrected chi connectivity index (χ2v) is 5.18. The topological polar surface area (TPSA) is 38.3 Å². The number of carbonyl (C=O) groups excluding carboxylic acids is 1. The summed E-state index contributed by atoms with van der Waals surface area (Å²) in [5, 5.41) is 2.97. The van der Waals surface area contributed by atoms with Crippen LogP contribution in [0.15, 0.2) is 0 Å². The van der Waals surface area contributed by atoms with Crippen LogP contribution >= 0.6 is 0 Å². The smallest absolute Gasteiger partial charge is 0.407 e. The lowest BCUT2D eigenvalue weighted by Crippen LogP contribution is -2.45. The molecule has 0 spiro atoms. The molecule has 1 rings (SSSR count). The van der Waals surface area contributed by atoms with Crippen molar-refractivity contribution >= 4 is 6.09 Å². The minimum absolute atomic E-state index is 0.112. The molecule has 1 saturated heterocycles. The minimum atomic E-state index is -0.258. The molecule has 0 bridgehead atoms. The molecule has 14 heavy (non-hydrogen) atoms. The van der Waals surface area contributed by atoms with Crippen LogP contribution in [0.3, 0.4) is 0 Å². The molecule has 1 aliphatic heterocycles. The van der Waals surface area contributed by atoms with Crippen LogP contribution in [0, 0.1) is 11.8 Å². The molecule has 0 aliphatic carbocycles. The van der Waals surface area contributed by atoms with Crippen molar-refractivity contribution in [2.75, 3.05) is 6.61 Å². The molecule has 0 aromatic heterocycles. The van der Waals surface area contributed by atoms with Gasteiger partial charge in [-0.15, -0.1) is 0 Å². The number of amides is 1. The molecule has 3 nitrogen and oxygen atoms in total. The number of ether oxygens (including phenoxy) is 1. The first-order valence-electron chi connectivity index (χ1n) is 5.38. The highest BCUT2D eigenvalue weighted by atomic mass is 16.6. The van der Waals surface area contributed by atoms with Crippen molar-refractivity contribution in [2.24, 2.45) is 11.8 Å². The molecule has 1 amide bonds. The summed E-state index contributed by atoms with van der Waals surface area (Å²) in [6, 6.07) is 0. The van der Waals surface area contributed by atoms with Gasteiger partial charge in [-0.2, -0.15) is 0 Å². The number of nitrogens with one attached hydrogen (secondary N) is 1. The van der Waals surface area contributed by atoms with Gasteiger partial charge in [0.1, 0.15) is 6.61 Å². The van der Waals surface area contributed by atoms with Crippen LogP contribution in [0.5, 0.6) is 0 Å². The average molecular weight is 199 g/mol. The molecule has 0 atom stereocenters. The molecule has 0 unspecified atom stereocenters. The molecule has 1 aliphatic rings. The second-order valence-electron chi connectivity index (χ2n) is 5.18. The summed E-state index contributed by atoms with van der Waals surface area (Å²) in [7, 11) is 0.